The molecule has 1 nitrogen and oxygen atoms in total. The van der Waals surface area contributed by atoms with Crippen LogP contribution in [-0.2, 0) is 0 Å². The molecule has 0 aromatic rings. The predicted octanol–water partition coefficient (Wildman–Crippen LogP) is 3.10. The number of halogens is 3. The fraction of sp³-hybridized carbons (Fsp3) is 0.375. The Hall–Kier alpha value is -1.06. The van der Waals surface area contributed by atoms with Crippen LogP contribution < -0.4 is 0 Å². The molecule has 0 spiro atoms. The zero-order chi connectivity index (χ0) is 9.61. The van der Waals surface area contributed by atoms with Gasteiger partial charge in [0.05, 0.1) is 0 Å². The number of hydrogen-bond donors (Lipinski definition) is 0. The van der Waals surface area contributed by atoms with E-state index in [1.807, 2.05) is 0 Å². The van der Waals surface area contributed by atoms with Crippen molar-refractivity contribution in [3.05, 3.63) is 23.9 Å². The van der Waals surface area contributed by atoms with Crippen LogP contribution in [0.1, 0.15) is 13.8 Å². The number of alkyl halides is 3. The fourth-order valence-corrected chi connectivity index (χ4v) is 0.521. The van der Waals surface area contributed by atoms with E-state index in [1.165, 1.54) is 13.0 Å². The van der Waals surface area contributed by atoms with Crippen molar-refractivity contribution in [1.29, 1.82) is 0 Å². The van der Waals surface area contributed by atoms with Crippen molar-refractivity contribution in [1.82, 2.24) is 0 Å². The number of rotatable bonds is 2. The second-order valence-corrected chi connectivity index (χ2v) is 1.98. The first kappa shape index (κ1) is 10.9. The summed E-state index contributed by atoms with van der Waals surface area (Å²) in [7, 11) is 0. The second kappa shape index (κ2) is 4.74. The van der Waals surface area contributed by atoms with Crippen LogP contribution in [0.2, 0.25) is 0 Å². The molecule has 0 aliphatic heterocycles. The molecule has 0 saturated carbocycles. The maximum absolute atomic E-state index is 11.9. The van der Waals surface area contributed by atoms with E-state index in [2.05, 4.69) is 4.99 Å². The van der Waals surface area contributed by atoms with Crippen molar-refractivity contribution in [2.75, 3.05) is 0 Å². The Morgan fingerprint density at radius 1 is 1.25 bits per heavy atom. The van der Waals surface area contributed by atoms with Crippen LogP contribution in [0.4, 0.5) is 13.2 Å². The summed E-state index contributed by atoms with van der Waals surface area (Å²) < 4.78 is 35.8. The van der Waals surface area contributed by atoms with Gasteiger partial charge >= 0.3 is 6.18 Å². The minimum atomic E-state index is -4.35. The molecule has 12 heavy (non-hydrogen) atoms. The van der Waals surface area contributed by atoms with Crippen LogP contribution >= 0.6 is 0 Å². The van der Waals surface area contributed by atoms with Gasteiger partial charge in [0.25, 0.3) is 0 Å². The Bertz CT molecular complexity index is 211. The molecule has 0 amide bonds. The number of allylic oxidation sites excluding steroid dienone is 4. The van der Waals surface area contributed by atoms with E-state index in [-0.39, 0.29) is 0 Å². The predicted molar refractivity (Wildman–Crippen MR) is 43.1 cm³/mol. The molecular weight excluding hydrogens is 167 g/mol. The Morgan fingerprint density at radius 2 is 1.83 bits per heavy atom. The van der Waals surface area contributed by atoms with Crippen LogP contribution in [0.15, 0.2) is 28.9 Å². The van der Waals surface area contributed by atoms with Crippen molar-refractivity contribution in [3.8, 4) is 0 Å². The monoisotopic (exact) mass is 177 g/mol. The average Bonchev–Trinajstić information content (AvgIpc) is 1.95. The minimum absolute atomic E-state index is 0.874. The summed E-state index contributed by atoms with van der Waals surface area (Å²) in [5, 5.41) is 0. The lowest BCUT2D eigenvalue weighted by Crippen LogP contribution is -2.09. The van der Waals surface area contributed by atoms with Gasteiger partial charge in [-0.15, -0.1) is 0 Å². The van der Waals surface area contributed by atoms with E-state index in [1.54, 1.807) is 13.0 Å². The zero-order valence-corrected chi connectivity index (χ0v) is 6.89. The van der Waals surface area contributed by atoms with Crippen LogP contribution in [0.3, 0.4) is 0 Å². The van der Waals surface area contributed by atoms with Crippen molar-refractivity contribution >= 4 is 6.21 Å². The molecule has 0 radical (unpaired) electrons. The molecule has 0 N–H and O–H groups in total. The topological polar surface area (TPSA) is 12.4 Å². The van der Waals surface area contributed by atoms with Crippen LogP contribution in [0.5, 0.6) is 0 Å². The lowest BCUT2D eigenvalue weighted by Gasteiger charge is -2.04. The molecule has 0 bridgehead atoms. The first-order valence-corrected chi connectivity index (χ1v) is 3.41. The molecular formula is C8H10F3N. The first-order chi connectivity index (χ1) is 5.52. The second-order valence-electron chi connectivity index (χ2n) is 1.98. The SMILES string of the molecule is CC=C/C=N\C(=C/C)C(F)(F)F. The van der Waals surface area contributed by atoms with E-state index < -0.39 is 11.9 Å². The number of aliphatic imine (C=N–C) groups is 1. The van der Waals surface area contributed by atoms with Gasteiger partial charge in [-0.3, -0.25) is 4.99 Å². The Kier molecular flexibility index (Phi) is 4.33. The molecule has 0 atom stereocenters. The van der Waals surface area contributed by atoms with Gasteiger partial charge in [-0.1, -0.05) is 12.2 Å². The van der Waals surface area contributed by atoms with E-state index in [4.69, 9.17) is 0 Å². The molecule has 0 heterocycles. The molecule has 0 aromatic heterocycles. The van der Waals surface area contributed by atoms with Gasteiger partial charge in [-0.2, -0.15) is 13.2 Å². The zero-order valence-electron chi connectivity index (χ0n) is 6.89. The lowest BCUT2D eigenvalue weighted by atomic mass is 10.4. The molecule has 4 heteroatoms. The summed E-state index contributed by atoms with van der Waals surface area (Å²) in [5.74, 6) is 0. The highest BCUT2D eigenvalue weighted by molar-refractivity contribution is 5.72. The Labute approximate surface area is 69.3 Å². The normalized spacial score (nSPS) is 14.9. The summed E-state index contributed by atoms with van der Waals surface area (Å²) in [6.07, 6.45) is 0.734. The highest BCUT2D eigenvalue weighted by Crippen LogP contribution is 2.25. The van der Waals surface area contributed by atoms with Gasteiger partial charge in [-0.05, 0) is 19.9 Å². The van der Waals surface area contributed by atoms with E-state index in [9.17, 15) is 13.2 Å². The Morgan fingerprint density at radius 3 is 2.17 bits per heavy atom. The molecule has 0 fully saturated rings. The van der Waals surface area contributed by atoms with E-state index in [0.29, 0.717) is 0 Å². The third kappa shape index (κ3) is 3.95. The lowest BCUT2D eigenvalue weighted by molar-refractivity contribution is -0.0923. The molecule has 0 unspecified atom stereocenters. The fourth-order valence-electron chi connectivity index (χ4n) is 0.521. The van der Waals surface area contributed by atoms with Crippen molar-refractivity contribution in [3.63, 3.8) is 0 Å². The third-order valence-electron chi connectivity index (χ3n) is 1.06. The molecule has 0 rings (SSSR count). The summed E-state index contributed by atoms with van der Waals surface area (Å²) in [6, 6.07) is 0. The number of hydrogen-bond acceptors (Lipinski definition) is 1. The highest BCUT2D eigenvalue weighted by atomic mass is 19.4. The minimum Gasteiger partial charge on any atom is -0.252 e. The smallest absolute Gasteiger partial charge is 0.252 e. The quantitative estimate of drug-likeness (QED) is 0.574. The maximum Gasteiger partial charge on any atom is 0.432 e. The first-order valence-electron chi connectivity index (χ1n) is 3.41. The van der Waals surface area contributed by atoms with Crippen molar-refractivity contribution in [2.45, 2.75) is 20.0 Å². The summed E-state index contributed by atoms with van der Waals surface area (Å²) in [6.45, 7) is 3.00. The van der Waals surface area contributed by atoms with E-state index in [0.717, 1.165) is 12.3 Å². The molecule has 0 saturated heterocycles. The standard InChI is InChI=1S/C8H10F3N/c1-3-5-6-12-7(4-2)8(9,10)11/h3-6H,1-2H3/b5-3?,7-4-,12-6-. The molecule has 0 aliphatic carbocycles. The summed E-state index contributed by atoms with van der Waals surface area (Å²) >= 11 is 0. The van der Waals surface area contributed by atoms with Crippen molar-refractivity contribution in [2.24, 2.45) is 4.99 Å². The van der Waals surface area contributed by atoms with Crippen LogP contribution in [0, 0.1) is 0 Å². The van der Waals surface area contributed by atoms with Gasteiger partial charge in [0.1, 0.15) is 5.70 Å². The third-order valence-corrected chi connectivity index (χ3v) is 1.06. The maximum atomic E-state index is 11.9. The van der Waals surface area contributed by atoms with Crippen LogP contribution in [0.25, 0.3) is 0 Å². The van der Waals surface area contributed by atoms with Gasteiger partial charge < -0.3 is 0 Å². The van der Waals surface area contributed by atoms with Crippen molar-refractivity contribution < 1.29 is 13.2 Å². The molecule has 0 aromatic carbocycles. The van der Waals surface area contributed by atoms with Crippen LogP contribution in [-0.4, -0.2) is 12.4 Å². The molecule has 68 valence electrons. The Balaban J connectivity index is 4.41. The highest BCUT2D eigenvalue weighted by Gasteiger charge is 2.32. The van der Waals surface area contributed by atoms with Gasteiger partial charge in [0.15, 0.2) is 0 Å². The number of nitrogens with zero attached hydrogens (tertiary/aromatic N) is 1. The van der Waals surface area contributed by atoms with Gasteiger partial charge in [0.2, 0.25) is 0 Å². The summed E-state index contributed by atoms with van der Waals surface area (Å²) in [4.78, 5) is 3.23. The molecule has 0 aliphatic rings. The largest absolute Gasteiger partial charge is 0.432 e. The van der Waals surface area contributed by atoms with Gasteiger partial charge in [-0.25, -0.2) is 0 Å². The average molecular weight is 177 g/mol. The van der Waals surface area contributed by atoms with E-state index >= 15 is 0 Å². The summed E-state index contributed by atoms with van der Waals surface area (Å²) in [5.41, 5.74) is -0.874. The van der Waals surface area contributed by atoms with Gasteiger partial charge in [0, 0.05) is 6.21 Å².